The third-order valence-electron chi connectivity index (χ3n) is 2.08. The Balaban J connectivity index is 3.10. The highest BCUT2D eigenvalue weighted by Gasteiger charge is 2.32. The van der Waals surface area contributed by atoms with E-state index in [2.05, 4.69) is 4.74 Å². The molecular weight excluding hydrogens is 241 g/mol. The van der Waals surface area contributed by atoms with Crippen LogP contribution in [0.15, 0.2) is 18.2 Å². The van der Waals surface area contributed by atoms with Crippen LogP contribution in [0.4, 0.5) is 13.2 Å². The molecule has 0 saturated carbocycles. The zero-order valence-electron chi connectivity index (χ0n) is 8.65. The Kier molecular flexibility index (Phi) is 3.62. The number of ether oxygens (including phenoxy) is 1. The molecule has 1 atom stereocenters. The van der Waals surface area contributed by atoms with Gasteiger partial charge in [-0.1, -0.05) is 6.07 Å². The maximum atomic E-state index is 12.3. The number of hydrogen-bond donors (Lipinski definition) is 2. The molecule has 0 amide bonds. The van der Waals surface area contributed by atoms with Gasteiger partial charge in [0.05, 0.1) is 12.7 Å². The number of phenolic OH excluding ortho intramolecular Hbond substituents is 1. The van der Waals surface area contributed by atoms with Crippen molar-refractivity contribution in [3.05, 3.63) is 29.3 Å². The van der Waals surface area contributed by atoms with E-state index in [0.29, 0.717) is 12.1 Å². The Bertz CT molecular complexity index is 428. The van der Waals surface area contributed by atoms with Gasteiger partial charge in [0, 0.05) is 5.56 Å². The fourth-order valence-electron chi connectivity index (χ4n) is 1.19. The van der Waals surface area contributed by atoms with Crippen molar-refractivity contribution in [1.29, 1.82) is 0 Å². The minimum absolute atomic E-state index is 0.343. The van der Waals surface area contributed by atoms with Crippen LogP contribution >= 0.6 is 0 Å². The van der Waals surface area contributed by atoms with Crippen LogP contribution in [0.1, 0.15) is 17.2 Å². The Morgan fingerprint density at radius 1 is 1.41 bits per heavy atom. The summed E-state index contributed by atoms with van der Waals surface area (Å²) in [5, 5.41) is 18.6. The number of hydrogen-bond acceptors (Lipinski definition) is 4. The van der Waals surface area contributed by atoms with Gasteiger partial charge >= 0.3 is 12.1 Å². The molecule has 1 rings (SSSR count). The first-order valence-electron chi connectivity index (χ1n) is 4.43. The molecule has 0 aromatic heterocycles. The Labute approximate surface area is 94.3 Å². The molecule has 1 aromatic carbocycles. The van der Waals surface area contributed by atoms with Gasteiger partial charge in [-0.3, -0.25) is 0 Å². The molecule has 0 saturated heterocycles. The summed E-state index contributed by atoms with van der Waals surface area (Å²) >= 11 is 0. The van der Waals surface area contributed by atoms with Crippen molar-refractivity contribution in [1.82, 2.24) is 0 Å². The summed E-state index contributed by atoms with van der Waals surface area (Å²) in [5.41, 5.74) is -1.42. The number of methoxy groups -OCH3 is 1. The summed E-state index contributed by atoms with van der Waals surface area (Å²) in [5.74, 6) is -1.89. The van der Waals surface area contributed by atoms with E-state index in [9.17, 15) is 28.2 Å². The number of benzene rings is 1. The topological polar surface area (TPSA) is 66.8 Å². The lowest BCUT2D eigenvalue weighted by Gasteiger charge is -2.12. The van der Waals surface area contributed by atoms with E-state index in [1.54, 1.807) is 0 Å². The fraction of sp³-hybridized carbons (Fsp3) is 0.300. The molecule has 1 unspecified atom stereocenters. The van der Waals surface area contributed by atoms with Crippen molar-refractivity contribution >= 4 is 5.97 Å². The molecule has 0 heterocycles. The Hall–Kier alpha value is -1.76. The molecular formula is C10H9F3O4. The maximum Gasteiger partial charge on any atom is 0.416 e. The van der Waals surface area contributed by atoms with E-state index in [4.69, 9.17) is 0 Å². The van der Waals surface area contributed by atoms with Crippen molar-refractivity contribution < 1.29 is 32.9 Å². The number of aromatic hydroxyl groups is 1. The quantitative estimate of drug-likeness (QED) is 0.783. The number of halogens is 3. The molecule has 0 radical (unpaired) electrons. The van der Waals surface area contributed by atoms with E-state index in [1.165, 1.54) is 0 Å². The van der Waals surface area contributed by atoms with Crippen molar-refractivity contribution in [3.63, 3.8) is 0 Å². The average Bonchev–Trinajstić information content (AvgIpc) is 2.25. The molecule has 1 aromatic rings. The van der Waals surface area contributed by atoms with Crippen LogP contribution < -0.4 is 0 Å². The lowest BCUT2D eigenvalue weighted by atomic mass is 10.1. The third-order valence-corrected chi connectivity index (χ3v) is 2.08. The summed E-state index contributed by atoms with van der Waals surface area (Å²) in [7, 11) is 1.01. The smallest absolute Gasteiger partial charge is 0.416 e. The molecule has 94 valence electrons. The van der Waals surface area contributed by atoms with Gasteiger partial charge in [0.25, 0.3) is 0 Å². The van der Waals surface area contributed by atoms with Gasteiger partial charge in [0.15, 0.2) is 6.10 Å². The number of rotatable bonds is 2. The van der Waals surface area contributed by atoms with Crippen LogP contribution in [0.3, 0.4) is 0 Å². The lowest BCUT2D eigenvalue weighted by molar-refractivity contribution is -0.150. The van der Waals surface area contributed by atoms with Gasteiger partial charge in [0.1, 0.15) is 5.75 Å². The van der Waals surface area contributed by atoms with Crippen LogP contribution in [0.25, 0.3) is 0 Å². The highest BCUT2D eigenvalue weighted by Crippen LogP contribution is 2.34. The minimum atomic E-state index is -4.60. The van der Waals surface area contributed by atoms with Gasteiger partial charge in [-0.15, -0.1) is 0 Å². The largest absolute Gasteiger partial charge is 0.508 e. The van der Waals surface area contributed by atoms with E-state index < -0.39 is 29.6 Å². The second-order valence-corrected chi connectivity index (χ2v) is 3.20. The van der Waals surface area contributed by atoms with Crippen molar-refractivity contribution in [3.8, 4) is 5.75 Å². The third kappa shape index (κ3) is 2.88. The van der Waals surface area contributed by atoms with Crippen molar-refractivity contribution in [2.45, 2.75) is 12.3 Å². The van der Waals surface area contributed by atoms with Gasteiger partial charge in [-0.25, -0.2) is 4.79 Å². The second kappa shape index (κ2) is 4.62. The number of carbonyl (C=O) groups is 1. The average molecular weight is 250 g/mol. The summed E-state index contributed by atoms with van der Waals surface area (Å²) in [6.07, 6.45) is -6.42. The lowest BCUT2D eigenvalue weighted by Crippen LogP contribution is -2.14. The number of carbonyl (C=O) groups excluding carboxylic acids is 1. The zero-order chi connectivity index (χ0) is 13.2. The SMILES string of the molecule is COC(=O)C(O)c1ccc(C(F)(F)F)cc1O. The summed E-state index contributed by atoms with van der Waals surface area (Å²) in [6, 6.07) is 1.91. The molecule has 0 spiro atoms. The van der Waals surface area contributed by atoms with Crippen LogP contribution in [0, 0.1) is 0 Å². The molecule has 7 heteroatoms. The molecule has 2 N–H and O–H groups in total. The van der Waals surface area contributed by atoms with Crippen LogP contribution in [-0.2, 0) is 15.7 Å². The number of esters is 1. The van der Waals surface area contributed by atoms with Crippen molar-refractivity contribution in [2.24, 2.45) is 0 Å². The van der Waals surface area contributed by atoms with E-state index in [-0.39, 0.29) is 5.56 Å². The molecule has 0 aliphatic rings. The fourth-order valence-corrected chi connectivity index (χ4v) is 1.19. The van der Waals surface area contributed by atoms with Gasteiger partial charge in [-0.2, -0.15) is 13.2 Å². The predicted molar refractivity (Wildman–Crippen MR) is 50.1 cm³/mol. The van der Waals surface area contributed by atoms with E-state index in [0.717, 1.165) is 13.2 Å². The predicted octanol–water partition coefficient (Wildman–Crippen LogP) is 1.62. The Morgan fingerprint density at radius 2 is 2.00 bits per heavy atom. The molecule has 4 nitrogen and oxygen atoms in total. The summed E-state index contributed by atoms with van der Waals surface area (Å²) in [4.78, 5) is 10.9. The highest BCUT2D eigenvalue weighted by atomic mass is 19.4. The molecule has 17 heavy (non-hydrogen) atoms. The normalized spacial score (nSPS) is 13.2. The monoisotopic (exact) mass is 250 g/mol. The standard InChI is InChI=1S/C10H9F3O4/c1-17-9(16)8(15)6-3-2-5(4-7(6)14)10(11,12)13/h2-4,8,14-15H,1H3. The molecule has 0 aliphatic heterocycles. The zero-order valence-corrected chi connectivity index (χ0v) is 8.65. The number of phenols is 1. The van der Waals surface area contributed by atoms with Crippen LogP contribution in [0.5, 0.6) is 5.75 Å². The molecule has 0 bridgehead atoms. The first-order valence-corrected chi connectivity index (χ1v) is 4.43. The van der Waals surface area contributed by atoms with Gasteiger partial charge < -0.3 is 14.9 Å². The molecule has 0 aliphatic carbocycles. The Morgan fingerprint density at radius 3 is 2.41 bits per heavy atom. The maximum absolute atomic E-state index is 12.3. The number of alkyl halides is 3. The minimum Gasteiger partial charge on any atom is -0.508 e. The second-order valence-electron chi connectivity index (χ2n) is 3.20. The van der Waals surface area contributed by atoms with Crippen LogP contribution in [0.2, 0.25) is 0 Å². The summed E-state index contributed by atoms with van der Waals surface area (Å²) in [6.45, 7) is 0. The molecule has 0 fully saturated rings. The van der Waals surface area contributed by atoms with Crippen LogP contribution in [-0.4, -0.2) is 23.3 Å². The first-order chi connectivity index (χ1) is 7.77. The van der Waals surface area contributed by atoms with E-state index in [1.807, 2.05) is 0 Å². The van der Waals surface area contributed by atoms with Crippen molar-refractivity contribution in [2.75, 3.05) is 7.11 Å². The number of aliphatic hydroxyl groups is 1. The van der Waals surface area contributed by atoms with Gasteiger partial charge in [-0.05, 0) is 12.1 Å². The van der Waals surface area contributed by atoms with E-state index >= 15 is 0 Å². The number of aliphatic hydroxyl groups excluding tert-OH is 1. The summed E-state index contributed by atoms with van der Waals surface area (Å²) < 4.78 is 41.0. The van der Waals surface area contributed by atoms with Gasteiger partial charge in [0.2, 0.25) is 0 Å². The highest BCUT2D eigenvalue weighted by molar-refractivity contribution is 5.77. The first kappa shape index (κ1) is 13.3.